The number of aromatic nitrogens is 1. The number of unbranched alkanes of at least 4 members (excludes halogenated alkanes) is 1. The second-order valence-electron chi connectivity index (χ2n) is 4.28. The lowest BCUT2D eigenvalue weighted by Crippen LogP contribution is -2.44. The highest BCUT2D eigenvalue weighted by Gasteiger charge is 2.26. The number of nitrogens with two attached hydrogens (primary N) is 1. The van der Waals surface area contributed by atoms with Gasteiger partial charge in [-0.2, -0.15) is 0 Å². The molecular weight excluding hydrogens is 256 g/mol. The topological polar surface area (TPSA) is 76.2 Å². The molecule has 0 aliphatic carbocycles. The Labute approximate surface area is 110 Å². The molecule has 3 N–H and O–H groups in total. The summed E-state index contributed by atoms with van der Waals surface area (Å²) in [5.41, 5.74) is 5.60. The summed E-state index contributed by atoms with van der Waals surface area (Å²) < 4.78 is 1.08. The van der Waals surface area contributed by atoms with Crippen molar-refractivity contribution in [2.75, 3.05) is 5.75 Å². The van der Waals surface area contributed by atoms with Crippen LogP contribution in [0, 0.1) is 6.92 Å². The Balaban J connectivity index is 2.15. The number of thioether (sulfide) groups is 1. The van der Waals surface area contributed by atoms with Crippen molar-refractivity contribution in [3.63, 3.8) is 0 Å². The zero-order chi connectivity index (χ0) is 12.9. The van der Waals surface area contributed by atoms with E-state index in [1.165, 1.54) is 0 Å². The van der Waals surface area contributed by atoms with Crippen LogP contribution in [0.3, 0.4) is 0 Å². The van der Waals surface area contributed by atoms with Crippen molar-refractivity contribution in [2.24, 2.45) is 5.73 Å². The molecule has 1 heterocycles. The van der Waals surface area contributed by atoms with E-state index in [9.17, 15) is 4.79 Å². The second-order valence-corrected chi connectivity index (χ2v) is 6.48. The van der Waals surface area contributed by atoms with Crippen LogP contribution in [0.2, 0.25) is 0 Å². The number of carbonyl (C=O) groups is 1. The molecule has 17 heavy (non-hydrogen) atoms. The summed E-state index contributed by atoms with van der Waals surface area (Å²) in [5, 5.41) is 10.9. The minimum Gasteiger partial charge on any atom is -0.480 e. The lowest BCUT2D eigenvalue weighted by atomic mass is 9.97. The summed E-state index contributed by atoms with van der Waals surface area (Å²) in [7, 11) is 0. The van der Waals surface area contributed by atoms with E-state index in [1.807, 2.05) is 12.3 Å². The number of aliphatic carboxylic acids is 1. The fourth-order valence-electron chi connectivity index (χ4n) is 1.26. The smallest absolute Gasteiger partial charge is 0.323 e. The monoisotopic (exact) mass is 274 g/mol. The van der Waals surface area contributed by atoms with Gasteiger partial charge in [-0.1, -0.05) is 18.2 Å². The van der Waals surface area contributed by atoms with Crippen LogP contribution in [0.1, 0.15) is 31.9 Å². The summed E-state index contributed by atoms with van der Waals surface area (Å²) >= 11 is 3.37. The zero-order valence-electron chi connectivity index (χ0n) is 10.1. The molecule has 1 unspecified atom stereocenters. The van der Waals surface area contributed by atoms with Gasteiger partial charge in [-0.3, -0.25) is 4.79 Å². The van der Waals surface area contributed by atoms with E-state index < -0.39 is 11.5 Å². The predicted molar refractivity (Wildman–Crippen MR) is 71.7 cm³/mol. The molecule has 1 aromatic heterocycles. The quantitative estimate of drug-likeness (QED) is 0.590. The molecule has 0 spiro atoms. The molecule has 0 radical (unpaired) electrons. The fourth-order valence-corrected chi connectivity index (χ4v) is 3.18. The van der Waals surface area contributed by atoms with Crippen LogP contribution >= 0.6 is 23.1 Å². The number of aryl methyl sites for hydroxylation is 1. The zero-order valence-corrected chi connectivity index (χ0v) is 11.7. The first-order valence-corrected chi connectivity index (χ1v) is 7.35. The first-order valence-electron chi connectivity index (χ1n) is 5.49. The SMILES string of the molecule is Cc1csc(SCCCCC(C)(N)C(=O)O)n1. The van der Waals surface area contributed by atoms with Gasteiger partial charge in [0.15, 0.2) is 0 Å². The van der Waals surface area contributed by atoms with Crippen LogP contribution in [-0.2, 0) is 4.79 Å². The maximum absolute atomic E-state index is 10.8. The van der Waals surface area contributed by atoms with Gasteiger partial charge in [-0.05, 0) is 26.7 Å². The predicted octanol–water partition coefficient (Wildman–Crippen LogP) is 2.52. The summed E-state index contributed by atoms with van der Waals surface area (Å²) in [6.45, 7) is 3.54. The largest absolute Gasteiger partial charge is 0.480 e. The van der Waals surface area contributed by atoms with Gasteiger partial charge < -0.3 is 10.8 Å². The summed E-state index contributed by atoms with van der Waals surface area (Å²) in [4.78, 5) is 15.1. The highest BCUT2D eigenvalue weighted by atomic mass is 32.2. The number of hydrogen-bond acceptors (Lipinski definition) is 5. The van der Waals surface area contributed by atoms with E-state index in [0.29, 0.717) is 6.42 Å². The van der Waals surface area contributed by atoms with Crippen molar-refractivity contribution in [1.29, 1.82) is 0 Å². The molecule has 4 nitrogen and oxygen atoms in total. The van der Waals surface area contributed by atoms with Crippen LogP contribution in [0.15, 0.2) is 9.72 Å². The van der Waals surface area contributed by atoms with Crippen molar-refractivity contribution in [2.45, 2.75) is 43.0 Å². The van der Waals surface area contributed by atoms with Gasteiger partial charge in [-0.15, -0.1) is 11.3 Å². The van der Waals surface area contributed by atoms with Gasteiger partial charge in [0, 0.05) is 16.8 Å². The second kappa shape index (κ2) is 6.37. The molecule has 0 fully saturated rings. The Morgan fingerprint density at radius 2 is 2.35 bits per heavy atom. The maximum atomic E-state index is 10.8. The molecule has 0 amide bonds. The third-order valence-electron chi connectivity index (χ3n) is 2.40. The number of carboxylic acid groups (broad SMARTS) is 1. The molecule has 0 aliphatic rings. The summed E-state index contributed by atoms with van der Waals surface area (Å²) in [6, 6.07) is 0. The normalized spacial score (nSPS) is 14.5. The average molecular weight is 274 g/mol. The lowest BCUT2D eigenvalue weighted by Gasteiger charge is -2.18. The number of hydrogen-bond donors (Lipinski definition) is 2. The number of rotatable bonds is 7. The molecule has 0 aliphatic heterocycles. The lowest BCUT2D eigenvalue weighted by molar-refractivity contribution is -0.142. The molecule has 0 aromatic carbocycles. The molecule has 0 saturated heterocycles. The number of thiazole rings is 1. The first kappa shape index (κ1) is 14.5. The molecule has 96 valence electrons. The standard InChI is InChI=1S/C11H18N2O2S2/c1-8-7-17-10(13-8)16-6-4-3-5-11(2,12)9(14)15/h7H,3-6,12H2,1-2H3,(H,14,15). The van der Waals surface area contributed by atoms with Gasteiger partial charge in [0.25, 0.3) is 0 Å². The molecular formula is C11H18N2O2S2. The van der Waals surface area contributed by atoms with Crippen LogP contribution in [0.25, 0.3) is 0 Å². The van der Waals surface area contributed by atoms with Crippen LogP contribution in [0.4, 0.5) is 0 Å². The minimum absolute atomic E-state index is 0.514. The molecule has 1 aromatic rings. The van der Waals surface area contributed by atoms with E-state index in [0.717, 1.165) is 28.6 Å². The third-order valence-corrected chi connectivity index (χ3v) is 4.63. The van der Waals surface area contributed by atoms with Gasteiger partial charge in [0.05, 0.1) is 0 Å². The maximum Gasteiger partial charge on any atom is 0.323 e. The van der Waals surface area contributed by atoms with Crippen molar-refractivity contribution in [1.82, 2.24) is 4.98 Å². The van der Waals surface area contributed by atoms with Crippen LogP contribution in [0.5, 0.6) is 0 Å². The van der Waals surface area contributed by atoms with E-state index in [4.69, 9.17) is 10.8 Å². The average Bonchev–Trinajstić information content (AvgIpc) is 2.63. The Hall–Kier alpha value is -0.590. The third kappa shape index (κ3) is 5.06. The van der Waals surface area contributed by atoms with E-state index >= 15 is 0 Å². The van der Waals surface area contributed by atoms with Crippen molar-refractivity contribution < 1.29 is 9.90 Å². The highest BCUT2D eigenvalue weighted by molar-refractivity contribution is 8.00. The number of carboxylic acids is 1. The summed E-state index contributed by atoms with van der Waals surface area (Å²) in [5.74, 6) is 0.0311. The first-order chi connectivity index (χ1) is 7.92. The van der Waals surface area contributed by atoms with Gasteiger partial charge in [-0.25, -0.2) is 4.98 Å². The molecule has 1 atom stereocenters. The molecule has 0 bridgehead atoms. The Morgan fingerprint density at radius 1 is 1.65 bits per heavy atom. The van der Waals surface area contributed by atoms with E-state index in [-0.39, 0.29) is 0 Å². The minimum atomic E-state index is -1.09. The van der Waals surface area contributed by atoms with Crippen LogP contribution in [-0.4, -0.2) is 27.4 Å². The highest BCUT2D eigenvalue weighted by Crippen LogP contribution is 2.24. The van der Waals surface area contributed by atoms with Gasteiger partial charge in [0.1, 0.15) is 9.88 Å². The number of nitrogens with zero attached hydrogens (tertiary/aromatic N) is 1. The fraction of sp³-hybridized carbons (Fsp3) is 0.636. The molecule has 6 heteroatoms. The van der Waals surface area contributed by atoms with E-state index in [2.05, 4.69) is 4.98 Å². The Bertz CT molecular complexity index is 377. The van der Waals surface area contributed by atoms with Crippen molar-refractivity contribution >= 4 is 29.1 Å². The van der Waals surface area contributed by atoms with E-state index in [1.54, 1.807) is 30.0 Å². The van der Waals surface area contributed by atoms with Gasteiger partial charge >= 0.3 is 5.97 Å². The van der Waals surface area contributed by atoms with Crippen molar-refractivity contribution in [3.05, 3.63) is 11.1 Å². The Morgan fingerprint density at radius 3 is 2.88 bits per heavy atom. The Kier molecular flexibility index (Phi) is 5.42. The van der Waals surface area contributed by atoms with Gasteiger partial charge in [0.2, 0.25) is 0 Å². The van der Waals surface area contributed by atoms with Crippen LogP contribution < -0.4 is 5.73 Å². The van der Waals surface area contributed by atoms with Crippen molar-refractivity contribution in [3.8, 4) is 0 Å². The summed E-state index contributed by atoms with van der Waals surface area (Å²) in [6.07, 6.45) is 2.31. The molecule has 1 rings (SSSR count). The molecule has 0 saturated carbocycles.